The van der Waals surface area contributed by atoms with Crippen LogP contribution < -0.4 is 8.92 Å². The zero-order valence-electron chi connectivity index (χ0n) is 13.4. The fraction of sp³-hybridized carbons (Fsp3) is 0.235. The Balaban J connectivity index is 1.64. The number of halogens is 1. The van der Waals surface area contributed by atoms with Gasteiger partial charge in [-0.25, -0.2) is 8.98 Å². The van der Waals surface area contributed by atoms with Gasteiger partial charge in [0.25, 0.3) is 0 Å². The van der Waals surface area contributed by atoms with Crippen LogP contribution in [0.3, 0.4) is 0 Å². The summed E-state index contributed by atoms with van der Waals surface area (Å²) in [5.74, 6) is -0.894. The van der Waals surface area contributed by atoms with Gasteiger partial charge in [-0.2, -0.15) is 8.42 Å². The molecule has 0 saturated heterocycles. The Kier molecular flexibility index (Phi) is 5.36. The summed E-state index contributed by atoms with van der Waals surface area (Å²) in [5.41, 5.74) is 2.13. The van der Waals surface area contributed by atoms with Crippen molar-refractivity contribution in [1.29, 1.82) is 0 Å². The number of fused-ring (bicyclic) bond motifs is 1. The van der Waals surface area contributed by atoms with E-state index in [2.05, 4.69) is 8.37 Å². The number of rotatable bonds is 7. The number of ether oxygens (including phenoxy) is 1. The van der Waals surface area contributed by atoms with Crippen molar-refractivity contribution >= 4 is 28.0 Å². The summed E-state index contributed by atoms with van der Waals surface area (Å²) in [6.45, 7) is -1.01. The average Bonchev–Trinajstić information content (AvgIpc) is 2.99. The molecule has 3 rings (SSSR count). The highest BCUT2D eigenvalue weighted by atomic mass is 35.5. The largest absolute Gasteiger partial charge is 0.486 e. The second-order valence-corrected chi connectivity index (χ2v) is 7.20. The molecular formula is C17H15ClO7S. The molecule has 1 N–H and O–H groups in total. The predicted molar refractivity (Wildman–Crippen MR) is 92.7 cm³/mol. The molecule has 0 bridgehead atoms. The lowest BCUT2D eigenvalue weighted by Gasteiger charge is -2.15. The predicted octanol–water partition coefficient (Wildman–Crippen LogP) is 3.13. The maximum atomic E-state index is 11.5. The van der Waals surface area contributed by atoms with Crippen molar-refractivity contribution in [1.82, 2.24) is 0 Å². The third-order valence-electron chi connectivity index (χ3n) is 3.79. The summed E-state index contributed by atoms with van der Waals surface area (Å²) < 4.78 is 37.8. The van der Waals surface area contributed by atoms with Gasteiger partial charge < -0.3 is 14.0 Å². The minimum atomic E-state index is -4.45. The topological polar surface area (TPSA) is 99.1 Å². The van der Waals surface area contributed by atoms with Gasteiger partial charge in [0.2, 0.25) is 0 Å². The minimum absolute atomic E-state index is 0.0161. The van der Waals surface area contributed by atoms with Gasteiger partial charge in [0, 0.05) is 5.02 Å². The Morgan fingerprint density at radius 2 is 1.85 bits per heavy atom. The number of carbonyl (C=O) groups is 1. The van der Waals surface area contributed by atoms with Crippen molar-refractivity contribution in [3.63, 3.8) is 0 Å². The first-order chi connectivity index (χ1) is 12.3. The molecule has 0 heterocycles. The van der Waals surface area contributed by atoms with Gasteiger partial charge >= 0.3 is 16.4 Å². The van der Waals surface area contributed by atoms with Gasteiger partial charge in [-0.05, 0) is 54.3 Å². The molecule has 1 aliphatic carbocycles. The molecule has 0 aliphatic heterocycles. The van der Waals surface area contributed by atoms with Gasteiger partial charge in [0.1, 0.15) is 17.6 Å². The van der Waals surface area contributed by atoms with Crippen LogP contribution in [0.2, 0.25) is 5.02 Å². The quantitative estimate of drug-likeness (QED) is 0.764. The Morgan fingerprint density at radius 3 is 2.54 bits per heavy atom. The van der Waals surface area contributed by atoms with Crippen LogP contribution in [0.25, 0.3) is 0 Å². The normalized spacial score (nSPS) is 16.1. The first-order valence-electron chi connectivity index (χ1n) is 7.69. The molecule has 0 aromatic heterocycles. The Hall–Kier alpha value is -2.29. The Morgan fingerprint density at radius 1 is 1.15 bits per heavy atom. The highest BCUT2D eigenvalue weighted by molar-refractivity contribution is 7.82. The summed E-state index contributed by atoms with van der Waals surface area (Å²) in [5, 5.41) is 9.16. The second kappa shape index (κ2) is 7.53. The number of hydrogen-bond donors (Lipinski definition) is 1. The van der Waals surface area contributed by atoms with Crippen molar-refractivity contribution in [2.75, 3.05) is 6.61 Å². The van der Waals surface area contributed by atoms with Crippen LogP contribution in [0.5, 0.6) is 11.5 Å². The third kappa shape index (κ3) is 4.46. The lowest BCUT2D eigenvalue weighted by molar-refractivity contribution is -0.139. The molecular weight excluding hydrogens is 384 g/mol. The SMILES string of the molecule is O=C(O)COS(=O)(=O)Oc1ccc(OC2CCc3c(Cl)cccc32)cc1. The lowest BCUT2D eigenvalue weighted by atomic mass is 10.1. The molecule has 0 amide bonds. The first kappa shape index (κ1) is 18.5. The molecule has 0 fully saturated rings. The van der Waals surface area contributed by atoms with Crippen LogP contribution in [0, 0.1) is 0 Å². The molecule has 9 heteroatoms. The van der Waals surface area contributed by atoms with Gasteiger partial charge in [0.05, 0.1) is 0 Å². The van der Waals surface area contributed by atoms with Crippen molar-refractivity contribution in [3.05, 3.63) is 58.6 Å². The van der Waals surface area contributed by atoms with Gasteiger partial charge in [-0.15, -0.1) is 0 Å². The highest BCUT2D eigenvalue weighted by Gasteiger charge is 2.25. The summed E-state index contributed by atoms with van der Waals surface area (Å²) in [4.78, 5) is 10.3. The van der Waals surface area contributed by atoms with Crippen LogP contribution >= 0.6 is 11.6 Å². The van der Waals surface area contributed by atoms with E-state index < -0.39 is 23.0 Å². The molecule has 1 atom stereocenters. The zero-order valence-corrected chi connectivity index (χ0v) is 15.0. The lowest BCUT2D eigenvalue weighted by Crippen LogP contribution is -2.18. The number of carboxylic acid groups (broad SMARTS) is 1. The number of aliphatic carboxylic acids is 1. The maximum Gasteiger partial charge on any atom is 0.449 e. The summed E-state index contributed by atoms with van der Waals surface area (Å²) in [7, 11) is -4.45. The molecule has 7 nitrogen and oxygen atoms in total. The summed E-state index contributed by atoms with van der Waals surface area (Å²) in [6, 6.07) is 11.6. The fourth-order valence-corrected chi connectivity index (χ4v) is 3.61. The van der Waals surface area contributed by atoms with E-state index >= 15 is 0 Å². The van der Waals surface area contributed by atoms with Crippen LogP contribution in [0.1, 0.15) is 23.7 Å². The molecule has 2 aromatic carbocycles. The van der Waals surface area contributed by atoms with Crippen molar-refractivity contribution in [3.8, 4) is 11.5 Å². The second-order valence-electron chi connectivity index (χ2n) is 5.57. The molecule has 26 heavy (non-hydrogen) atoms. The van der Waals surface area contributed by atoms with E-state index in [4.69, 9.17) is 21.4 Å². The van der Waals surface area contributed by atoms with Gasteiger partial charge in [-0.1, -0.05) is 23.7 Å². The van der Waals surface area contributed by atoms with E-state index in [-0.39, 0.29) is 11.9 Å². The maximum absolute atomic E-state index is 11.5. The minimum Gasteiger partial charge on any atom is -0.486 e. The van der Waals surface area contributed by atoms with Crippen LogP contribution in [-0.2, 0) is 25.8 Å². The van der Waals surface area contributed by atoms with Crippen molar-refractivity contribution < 1.29 is 31.4 Å². The third-order valence-corrected chi connectivity index (χ3v) is 4.94. The smallest absolute Gasteiger partial charge is 0.449 e. The molecule has 0 radical (unpaired) electrons. The van der Waals surface area contributed by atoms with E-state index in [0.29, 0.717) is 5.75 Å². The monoisotopic (exact) mass is 398 g/mol. The van der Waals surface area contributed by atoms with Crippen molar-refractivity contribution in [2.45, 2.75) is 18.9 Å². The summed E-state index contributed by atoms with van der Waals surface area (Å²) >= 11 is 6.19. The van der Waals surface area contributed by atoms with E-state index in [1.807, 2.05) is 18.2 Å². The van der Waals surface area contributed by atoms with Crippen molar-refractivity contribution in [2.24, 2.45) is 0 Å². The molecule has 0 spiro atoms. The fourth-order valence-electron chi connectivity index (χ4n) is 2.70. The molecule has 138 valence electrons. The number of hydrogen-bond acceptors (Lipinski definition) is 6. The highest BCUT2D eigenvalue weighted by Crippen LogP contribution is 2.38. The van der Waals surface area contributed by atoms with Crippen LogP contribution in [-0.4, -0.2) is 26.1 Å². The number of benzene rings is 2. The van der Waals surface area contributed by atoms with Crippen LogP contribution in [0.15, 0.2) is 42.5 Å². The molecule has 2 aromatic rings. The standard InChI is InChI=1S/C17H15ClO7S/c18-15-3-1-2-14-13(15)8-9-16(14)24-11-4-6-12(7-5-11)25-26(21,22)23-10-17(19)20/h1-7,16H,8-10H2,(H,19,20). The van der Waals surface area contributed by atoms with E-state index in [0.717, 1.165) is 29.0 Å². The van der Waals surface area contributed by atoms with Gasteiger partial charge in [-0.3, -0.25) is 0 Å². The van der Waals surface area contributed by atoms with E-state index in [1.54, 1.807) is 12.1 Å². The average molecular weight is 399 g/mol. The Labute approximate surface area is 155 Å². The number of carboxylic acids is 1. The Bertz CT molecular complexity index is 909. The first-order valence-corrected chi connectivity index (χ1v) is 9.40. The zero-order chi connectivity index (χ0) is 18.7. The molecule has 0 saturated carbocycles. The van der Waals surface area contributed by atoms with Crippen LogP contribution in [0.4, 0.5) is 0 Å². The van der Waals surface area contributed by atoms with E-state index in [1.165, 1.54) is 12.1 Å². The van der Waals surface area contributed by atoms with Gasteiger partial charge in [0.15, 0.2) is 6.61 Å². The van der Waals surface area contributed by atoms with E-state index in [9.17, 15) is 13.2 Å². The molecule has 1 aliphatic rings. The summed E-state index contributed by atoms with van der Waals surface area (Å²) in [6.07, 6.45) is 1.51. The molecule has 1 unspecified atom stereocenters.